The van der Waals surface area contributed by atoms with Gasteiger partial charge in [-0.3, -0.25) is 19.2 Å². The third kappa shape index (κ3) is 3.55. The first-order valence-electron chi connectivity index (χ1n) is 13.5. The minimum atomic E-state index is -1.72. The third-order valence-electron chi connectivity index (χ3n) is 8.50. The Kier molecular flexibility index (Phi) is 6.40. The number of rotatable bonds is 6. The summed E-state index contributed by atoms with van der Waals surface area (Å²) in [5.74, 6) is -1.32. The Morgan fingerprint density at radius 3 is 1.95 bits per heavy atom. The molecule has 0 bridgehead atoms. The van der Waals surface area contributed by atoms with E-state index in [2.05, 4.69) is 0 Å². The number of esters is 1. The van der Waals surface area contributed by atoms with Crippen LogP contribution in [0.25, 0.3) is 6.08 Å². The zero-order chi connectivity index (χ0) is 29.9. The molecule has 42 heavy (non-hydrogen) atoms. The molecule has 3 aromatic carbocycles. The zero-order valence-electron chi connectivity index (χ0n) is 23.8. The number of hydrogen-bond donors (Lipinski definition) is 0. The van der Waals surface area contributed by atoms with Crippen molar-refractivity contribution in [2.45, 2.75) is 31.8 Å². The van der Waals surface area contributed by atoms with Crippen molar-refractivity contribution in [2.24, 2.45) is 5.41 Å². The molecule has 0 N–H and O–H groups in total. The summed E-state index contributed by atoms with van der Waals surface area (Å²) in [6, 6.07) is 13.5. The van der Waals surface area contributed by atoms with Crippen LogP contribution >= 0.6 is 0 Å². The van der Waals surface area contributed by atoms with Crippen LogP contribution in [0.3, 0.4) is 0 Å². The maximum Gasteiger partial charge on any atom is 0.308 e. The van der Waals surface area contributed by atoms with Gasteiger partial charge in [-0.25, -0.2) is 0 Å². The summed E-state index contributed by atoms with van der Waals surface area (Å²) in [5, 5.41) is 0. The lowest BCUT2D eigenvalue weighted by Crippen LogP contribution is -2.48. The summed E-state index contributed by atoms with van der Waals surface area (Å²) >= 11 is 0. The van der Waals surface area contributed by atoms with Gasteiger partial charge in [-0.2, -0.15) is 0 Å². The van der Waals surface area contributed by atoms with E-state index >= 15 is 0 Å². The Hall–Kier alpha value is -4.92. The van der Waals surface area contributed by atoms with Crippen molar-refractivity contribution in [3.05, 3.63) is 82.9 Å². The van der Waals surface area contributed by atoms with E-state index < -0.39 is 29.4 Å². The molecule has 1 saturated heterocycles. The molecule has 9 nitrogen and oxygen atoms in total. The number of hydrogen-bond acceptors (Lipinski definition) is 9. The van der Waals surface area contributed by atoms with Crippen molar-refractivity contribution in [3.63, 3.8) is 0 Å². The lowest BCUT2D eigenvalue weighted by atomic mass is 9.64. The minimum Gasteiger partial charge on any atom is -0.493 e. The van der Waals surface area contributed by atoms with Crippen LogP contribution in [0.2, 0.25) is 0 Å². The molecule has 3 atom stereocenters. The van der Waals surface area contributed by atoms with Gasteiger partial charge in [0.2, 0.25) is 5.75 Å². The van der Waals surface area contributed by atoms with Crippen LogP contribution in [0.4, 0.5) is 5.69 Å². The third-order valence-corrected chi connectivity index (χ3v) is 8.50. The van der Waals surface area contributed by atoms with E-state index in [9.17, 15) is 19.2 Å². The molecule has 0 radical (unpaired) electrons. The van der Waals surface area contributed by atoms with E-state index in [0.29, 0.717) is 45.2 Å². The van der Waals surface area contributed by atoms with Crippen molar-refractivity contribution in [3.8, 4) is 23.0 Å². The number of ketones is 3. The number of benzene rings is 3. The number of carbonyl (C=O) groups excluding carboxylic acids is 4. The maximum atomic E-state index is 14.7. The number of Topliss-reactive ketones (excluding diaryl/α,β-unsaturated/α-hetero) is 3. The highest BCUT2D eigenvalue weighted by Gasteiger charge is 2.71. The molecule has 0 amide bonds. The number of nitrogens with zero attached hydrogens (tertiary/aromatic N) is 1. The van der Waals surface area contributed by atoms with E-state index in [1.54, 1.807) is 59.5 Å². The Morgan fingerprint density at radius 1 is 0.810 bits per heavy atom. The number of ether oxygens (including phenoxy) is 4. The highest BCUT2D eigenvalue weighted by atomic mass is 16.5. The molecule has 0 aromatic heterocycles. The number of fused-ring (bicyclic) bond motifs is 5. The topological polar surface area (TPSA) is 108 Å². The smallest absolute Gasteiger partial charge is 0.308 e. The Morgan fingerprint density at radius 2 is 1.43 bits per heavy atom. The van der Waals surface area contributed by atoms with Gasteiger partial charge < -0.3 is 23.8 Å². The highest BCUT2D eigenvalue weighted by molar-refractivity contribution is 6.32. The average Bonchev–Trinajstić information content (AvgIpc) is 3.42. The first-order valence-corrected chi connectivity index (χ1v) is 13.5. The van der Waals surface area contributed by atoms with Gasteiger partial charge in [0, 0.05) is 29.5 Å². The molecular formula is C33H29NO8. The van der Waals surface area contributed by atoms with Crippen molar-refractivity contribution in [1.82, 2.24) is 0 Å². The fraction of sp³-hybridized carbons (Fsp3) is 0.273. The molecule has 9 heteroatoms. The lowest BCUT2D eigenvalue weighted by molar-refractivity contribution is -0.131. The van der Waals surface area contributed by atoms with Crippen molar-refractivity contribution >= 4 is 35.1 Å². The number of anilines is 1. The van der Waals surface area contributed by atoms with Crippen LogP contribution < -0.4 is 23.8 Å². The van der Waals surface area contributed by atoms with Crippen LogP contribution in [0, 0.1) is 5.41 Å². The molecule has 2 heterocycles. The van der Waals surface area contributed by atoms with Crippen LogP contribution in [-0.2, 0) is 9.59 Å². The molecule has 3 aromatic rings. The van der Waals surface area contributed by atoms with E-state index in [0.717, 1.165) is 0 Å². The predicted octanol–water partition coefficient (Wildman–Crippen LogP) is 4.66. The highest BCUT2D eigenvalue weighted by Crippen LogP contribution is 2.62. The molecular weight excluding hydrogens is 538 g/mol. The minimum absolute atomic E-state index is 0.233. The van der Waals surface area contributed by atoms with Crippen molar-refractivity contribution in [1.29, 1.82) is 0 Å². The van der Waals surface area contributed by atoms with E-state index in [1.165, 1.54) is 35.2 Å². The van der Waals surface area contributed by atoms with Crippen LogP contribution in [-0.4, -0.2) is 56.7 Å². The fourth-order valence-corrected chi connectivity index (χ4v) is 7.03. The molecule has 1 spiro atoms. The molecule has 214 valence electrons. The molecule has 0 saturated carbocycles. The Balaban J connectivity index is 1.70. The summed E-state index contributed by atoms with van der Waals surface area (Å²) in [5.41, 5.74) is 0.530. The van der Waals surface area contributed by atoms with Gasteiger partial charge in [-0.05, 0) is 30.7 Å². The van der Waals surface area contributed by atoms with Crippen molar-refractivity contribution in [2.75, 3.05) is 26.2 Å². The second-order valence-electron chi connectivity index (χ2n) is 10.6. The number of para-hydroxylation sites is 1. The molecule has 0 unspecified atom stereocenters. The molecule has 3 aliphatic rings. The van der Waals surface area contributed by atoms with Gasteiger partial charge in [0.05, 0.1) is 39.1 Å². The van der Waals surface area contributed by atoms with E-state index in [4.69, 9.17) is 18.9 Å². The van der Waals surface area contributed by atoms with E-state index in [-0.39, 0.29) is 23.1 Å². The van der Waals surface area contributed by atoms with Crippen LogP contribution in [0.15, 0.2) is 60.7 Å². The maximum absolute atomic E-state index is 14.7. The number of carbonyl (C=O) groups is 4. The molecule has 1 fully saturated rings. The summed E-state index contributed by atoms with van der Waals surface area (Å²) in [7, 11) is 4.43. The fourth-order valence-electron chi connectivity index (χ4n) is 7.03. The van der Waals surface area contributed by atoms with Gasteiger partial charge in [-0.15, -0.1) is 0 Å². The quantitative estimate of drug-likeness (QED) is 0.239. The molecule has 1 aliphatic carbocycles. The van der Waals surface area contributed by atoms with E-state index in [1.807, 2.05) is 12.1 Å². The zero-order valence-corrected chi connectivity index (χ0v) is 23.8. The Labute approximate surface area is 242 Å². The summed E-state index contributed by atoms with van der Waals surface area (Å²) in [4.78, 5) is 57.1. The molecule has 2 aliphatic heterocycles. The summed E-state index contributed by atoms with van der Waals surface area (Å²) in [6.45, 7) is 2.73. The monoisotopic (exact) mass is 567 g/mol. The van der Waals surface area contributed by atoms with Gasteiger partial charge in [0.1, 0.15) is 5.41 Å². The first kappa shape index (κ1) is 27.3. The second kappa shape index (κ2) is 9.87. The number of methoxy groups -OCH3 is 3. The normalized spacial score (nSPS) is 21.1. The predicted molar refractivity (Wildman–Crippen MR) is 154 cm³/mol. The largest absolute Gasteiger partial charge is 0.493 e. The van der Waals surface area contributed by atoms with Crippen LogP contribution in [0.1, 0.15) is 51.6 Å². The first-order chi connectivity index (χ1) is 20.2. The average molecular weight is 568 g/mol. The van der Waals surface area contributed by atoms with Crippen LogP contribution in [0.5, 0.6) is 23.0 Å². The van der Waals surface area contributed by atoms with Gasteiger partial charge in [0.25, 0.3) is 0 Å². The van der Waals surface area contributed by atoms with Gasteiger partial charge in [0.15, 0.2) is 34.6 Å². The Bertz CT molecular complexity index is 1650. The summed E-state index contributed by atoms with van der Waals surface area (Å²) in [6.07, 6.45) is 3.61. The van der Waals surface area contributed by atoms with Gasteiger partial charge in [-0.1, -0.05) is 48.6 Å². The van der Waals surface area contributed by atoms with Gasteiger partial charge >= 0.3 is 5.97 Å². The lowest BCUT2D eigenvalue weighted by Gasteiger charge is -2.37. The SMILES string of the molecule is COc1cc([C@H]2[C@@H](C(C)=O)N3c4c(cccc4OC(C)=O)C=C[C@@H]3C23C(=O)c2ccccc2C3=O)cc(OC)c1OC. The van der Waals surface area contributed by atoms with Crippen molar-refractivity contribution < 1.29 is 38.1 Å². The standard InChI is InChI=1S/C33H29NO8/c1-17(35)28-27(20-15-24(39-3)30(41-5)25(16-20)40-4)33(31(37)21-10-6-7-11-22(21)32(33)38)26-14-13-19-9-8-12-23(42-18(2)36)29(19)34(26)28/h6-16,26-28H,1-5H3/t26-,27+,28-/m1/s1. The molecule has 6 rings (SSSR count). The second-order valence-corrected chi connectivity index (χ2v) is 10.6. The summed E-state index contributed by atoms with van der Waals surface area (Å²) < 4.78 is 22.4.